The predicted molar refractivity (Wildman–Crippen MR) is 112 cm³/mol. The second-order valence-electron chi connectivity index (χ2n) is 8.88. The van der Waals surface area contributed by atoms with Crippen LogP contribution in [0.3, 0.4) is 0 Å². The third-order valence-corrected chi connectivity index (χ3v) is 6.99. The van der Waals surface area contributed by atoms with Gasteiger partial charge >= 0.3 is 0 Å². The molecule has 9 nitrogen and oxygen atoms in total. The van der Waals surface area contributed by atoms with Gasteiger partial charge in [-0.2, -0.15) is 10.2 Å². The summed E-state index contributed by atoms with van der Waals surface area (Å²) in [6, 6.07) is 0.602. The van der Waals surface area contributed by atoms with Gasteiger partial charge in [0.05, 0.1) is 24.5 Å². The molecule has 0 spiro atoms. The predicted octanol–water partition coefficient (Wildman–Crippen LogP) is 2.53. The van der Waals surface area contributed by atoms with E-state index in [1.807, 2.05) is 18.1 Å². The van der Waals surface area contributed by atoms with Crippen LogP contribution in [0.15, 0.2) is 18.6 Å². The van der Waals surface area contributed by atoms with Gasteiger partial charge in [-0.15, -0.1) is 0 Å². The fraction of sp³-hybridized carbons (Fsp3) is 0.571. The molecule has 2 aliphatic heterocycles. The van der Waals surface area contributed by atoms with Gasteiger partial charge < -0.3 is 9.80 Å². The molecule has 2 bridgehead atoms. The topological polar surface area (TPSA) is 95.8 Å². The van der Waals surface area contributed by atoms with E-state index in [1.165, 1.54) is 32.1 Å². The van der Waals surface area contributed by atoms with E-state index in [4.69, 9.17) is 4.98 Å². The van der Waals surface area contributed by atoms with Crippen molar-refractivity contribution < 1.29 is 4.79 Å². The molecule has 2 atom stereocenters. The van der Waals surface area contributed by atoms with Crippen molar-refractivity contribution in [2.24, 2.45) is 0 Å². The molecule has 5 heterocycles. The minimum absolute atomic E-state index is 0.157. The van der Waals surface area contributed by atoms with Crippen molar-refractivity contribution in [1.82, 2.24) is 34.8 Å². The van der Waals surface area contributed by atoms with Gasteiger partial charge in [0.1, 0.15) is 22.8 Å². The fourth-order valence-electron chi connectivity index (χ4n) is 5.40. The van der Waals surface area contributed by atoms with Gasteiger partial charge in [-0.25, -0.2) is 9.97 Å². The maximum Gasteiger partial charge on any atom is 0.245 e. The van der Waals surface area contributed by atoms with Gasteiger partial charge in [-0.1, -0.05) is 19.3 Å². The maximum absolute atomic E-state index is 12.6. The number of amides is 1. The number of hydrogen-bond donors (Lipinski definition) is 1. The van der Waals surface area contributed by atoms with E-state index in [9.17, 15) is 4.79 Å². The van der Waals surface area contributed by atoms with Gasteiger partial charge in [0.15, 0.2) is 0 Å². The first-order valence-corrected chi connectivity index (χ1v) is 11.0. The van der Waals surface area contributed by atoms with Crippen LogP contribution in [0.2, 0.25) is 0 Å². The Hall–Kier alpha value is -2.97. The molecule has 3 aliphatic rings. The molecule has 0 radical (unpaired) electrons. The number of nitrogens with one attached hydrogen (secondary N) is 1. The quantitative estimate of drug-likeness (QED) is 0.718. The largest absolute Gasteiger partial charge is 0.342 e. The summed E-state index contributed by atoms with van der Waals surface area (Å²) in [7, 11) is 1.88. The lowest BCUT2D eigenvalue weighted by atomic mass is 9.96. The number of fused-ring (bicyclic) bond motifs is 3. The second kappa shape index (κ2) is 6.78. The van der Waals surface area contributed by atoms with Crippen molar-refractivity contribution in [1.29, 1.82) is 0 Å². The third-order valence-electron chi connectivity index (χ3n) is 6.99. The minimum atomic E-state index is -0.157. The van der Waals surface area contributed by atoms with Crippen LogP contribution >= 0.6 is 0 Å². The molecule has 3 fully saturated rings. The first kappa shape index (κ1) is 17.9. The Bertz CT molecular complexity index is 1100. The highest BCUT2D eigenvalue weighted by atomic mass is 16.2. The van der Waals surface area contributed by atoms with Crippen LogP contribution in [0.5, 0.6) is 0 Å². The molecule has 1 amide bonds. The van der Waals surface area contributed by atoms with Crippen molar-refractivity contribution in [2.75, 3.05) is 18.5 Å². The second-order valence-corrected chi connectivity index (χ2v) is 8.88. The van der Waals surface area contributed by atoms with Crippen molar-refractivity contribution in [3.63, 3.8) is 0 Å². The number of likely N-dealkylation sites (tertiary alicyclic amines) is 1. The molecule has 3 aromatic rings. The number of rotatable bonds is 3. The normalized spacial score (nSPS) is 24.9. The summed E-state index contributed by atoms with van der Waals surface area (Å²) in [5, 5.41) is 12.2. The molecule has 2 unspecified atom stereocenters. The first-order chi connectivity index (χ1) is 14.7. The number of hydrogen-bond acceptors (Lipinski definition) is 6. The molecule has 2 saturated heterocycles. The molecule has 1 N–H and O–H groups in total. The summed E-state index contributed by atoms with van der Waals surface area (Å²) in [5.41, 5.74) is 3.35. The van der Waals surface area contributed by atoms with Gasteiger partial charge in [0.25, 0.3) is 0 Å². The lowest BCUT2D eigenvalue weighted by Crippen LogP contribution is -2.56. The van der Waals surface area contributed by atoms with E-state index in [-0.39, 0.29) is 18.0 Å². The summed E-state index contributed by atoms with van der Waals surface area (Å²) >= 11 is 0. The van der Waals surface area contributed by atoms with Crippen LogP contribution in [0.1, 0.15) is 51.0 Å². The van der Waals surface area contributed by atoms with Gasteiger partial charge in [-0.3, -0.25) is 14.6 Å². The molecular formula is C21H26N8O. The van der Waals surface area contributed by atoms with Crippen molar-refractivity contribution in [3.8, 4) is 11.3 Å². The van der Waals surface area contributed by atoms with E-state index in [1.54, 1.807) is 6.20 Å². The third kappa shape index (κ3) is 2.71. The monoisotopic (exact) mass is 406 g/mol. The Morgan fingerprint density at radius 3 is 2.80 bits per heavy atom. The van der Waals surface area contributed by atoms with E-state index in [2.05, 4.69) is 36.1 Å². The van der Waals surface area contributed by atoms with E-state index in [0.717, 1.165) is 41.7 Å². The Balaban J connectivity index is 1.35. The highest BCUT2D eigenvalue weighted by molar-refractivity contribution is 5.91. The Labute approximate surface area is 174 Å². The summed E-state index contributed by atoms with van der Waals surface area (Å²) in [4.78, 5) is 26.0. The number of H-pyrrole nitrogens is 1. The van der Waals surface area contributed by atoms with E-state index in [0.29, 0.717) is 12.0 Å². The highest BCUT2D eigenvalue weighted by Gasteiger charge is 2.45. The molecule has 0 aromatic carbocycles. The molecule has 3 aromatic heterocycles. The zero-order valence-electron chi connectivity index (χ0n) is 17.2. The molecule has 30 heavy (non-hydrogen) atoms. The Kier molecular flexibility index (Phi) is 4.04. The number of anilines is 1. The van der Waals surface area contributed by atoms with Crippen LogP contribution in [0.4, 0.5) is 5.95 Å². The van der Waals surface area contributed by atoms with Crippen molar-refractivity contribution in [3.05, 3.63) is 18.6 Å². The zero-order valence-corrected chi connectivity index (χ0v) is 17.2. The highest BCUT2D eigenvalue weighted by Crippen LogP contribution is 2.35. The SMILES string of the molecule is CN1CC2CCC(C1=O)N2c1ncc2[nH]nc(-c3cnn(C4CCCCC4)c3)c2n1. The lowest BCUT2D eigenvalue weighted by molar-refractivity contribution is -0.132. The standard InChI is InChI=1S/C21H26N8O/c1-27-12-15-7-8-17(20(27)30)29(15)21-22-10-16-19(24-21)18(26-25-16)13-9-23-28(11-13)14-5-3-2-4-6-14/h9-11,14-15,17H,2-8,12H2,1H3,(H,25,26). The first-order valence-electron chi connectivity index (χ1n) is 11.0. The van der Waals surface area contributed by atoms with E-state index < -0.39 is 0 Å². The molecule has 156 valence electrons. The average Bonchev–Trinajstić information content (AvgIpc) is 3.49. The summed E-state index contributed by atoms with van der Waals surface area (Å²) < 4.78 is 2.09. The lowest BCUT2D eigenvalue weighted by Gasteiger charge is -2.38. The molecule has 9 heteroatoms. The summed E-state index contributed by atoms with van der Waals surface area (Å²) in [5.74, 6) is 0.785. The van der Waals surface area contributed by atoms with Crippen molar-refractivity contribution in [2.45, 2.75) is 63.1 Å². The van der Waals surface area contributed by atoms with Gasteiger partial charge in [-0.05, 0) is 25.7 Å². The van der Waals surface area contributed by atoms with Crippen LogP contribution in [0.25, 0.3) is 22.3 Å². The zero-order chi connectivity index (χ0) is 20.2. The Morgan fingerprint density at radius 2 is 1.93 bits per heavy atom. The Morgan fingerprint density at radius 1 is 1.07 bits per heavy atom. The van der Waals surface area contributed by atoms with Gasteiger partial charge in [0, 0.05) is 25.4 Å². The number of carbonyl (C=O) groups is 1. The number of carbonyl (C=O) groups excluding carboxylic acids is 1. The molecule has 1 aliphatic carbocycles. The number of likely N-dealkylation sites (N-methyl/N-ethyl adjacent to an activating group) is 1. The van der Waals surface area contributed by atoms with Crippen LogP contribution in [0, 0.1) is 0 Å². The fourth-order valence-corrected chi connectivity index (χ4v) is 5.40. The molecule has 1 saturated carbocycles. The molecular weight excluding hydrogens is 380 g/mol. The van der Waals surface area contributed by atoms with Crippen molar-refractivity contribution >= 4 is 22.9 Å². The van der Waals surface area contributed by atoms with E-state index >= 15 is 0 Å². The minimum Gasteiger partial charge on any atom is -0.342 e. The number of aromatic amines is 1. The van der Waals surface area contributed by atoms with Crippen LogP contribution in [-0.2, 0) is 4.79 Å². The number of nitrogens with zero attached hydrogens (tertiary/aromatic N) is 7. The average molecular weight is 406 g/mol. The maximum atomic E-state index is 12.6. The molecule has 6 rings (SSSR count). The van der Waals surface area contributed by atoms with Crippen LogP contribution in [-0.4, -0.2) is 66.4 Å². The van der Waals surface area contributed by atoms with Gasteiger partial charge in [0.2, 0.25) is 11.9 Å². The smallest absolute Gasteiger partial charge is 0.245 e. The number of aromatic nitrogens is 6. The summed E-state index contributed by atoms with van der Waals surface area (Å²) in [6.07, 6.45) is 13.9. The summed E-state index contributed by atoms with van der Waals surface area (Å²) in [6.45, 7) is 0.725. The number of piperazine rings is 1. The van der Waals surface area contributed by atoms with Crippen LogP contribution < -0.4 is 4.90 Å².